The minimum Gasteiger partial charge on any atom is -0.493 e. The molecule has 0 radical (unpaired) electrons. The Morgan fingerprint density at radius 1 is 1.56 bits per heavy atom. The van der Waals surface area contributed by atoms with E-state index in [1.165, 1.54) is 18.0 Å². The SMILES string of the molecule is COc1cnn(C)c1C(F)C(CN)C(C)C. The monoisotopic (exact) mass is 229 g/mol. The van der Waals surface area contributed by atoms with E-state index in [0.29, 0.717) is 18.0 Å². The number of aromatic nitrogens is 2. The smallest absolute Gasteiger partial charge is 0.162 e. The zero-order chi connectivity index (χ0) is 12.3. The van der Waals surface area contributed by atoms with E-state index >= 15 is 0 Å². The van der Waals surface area contributed by atoms with Crippen LogP contribution < -0.4 is 10.5 Å². The molecule has 0 amide bonds. The highest BCUT2D eigenvalue weighted by Crippen LogP contribution is 2.35. The van der Waals surface area contributed by atoms with Crippen molar-refractivity contribution in [3.63, 3.8) is 0 Å². The number of ether oxygens (including phenoxy) is 1. The van der Waals surface area contributed by atoms with E-state index in [-0.39, 0.29) is 11.8 Å². The minimum atomic E-state index is -1.15. The molecule has 2 atom stereocenters. The van der Waals surface area contributed by atoms with Crippen LogP contribution >= 0.6 is 0 Å². The van der Waals surface area contributed by atoms with E-state index in [1.54, 1.807) is 7.05 Å². The van der Waals surface area contributed by atoms with Crippen LogP contribution in [0, 0.1) is 11.8 Å². The molecule has 0 aromatic carbocycles. The molecular weight excluding hydrogens is 209 g/mol. The summed E-state index contributed by atoms with van der Waals surface area (Å²) in [6.45, 7) is 4.24. The molecule has 92 valence electrons. The van der Waals surface area contributed by atoms with Gasteiger partial charge in [-0.15, -0.1) is 0 Å². The molecule has 2 unspecified atom stereocenters. The second-order valence-corrected chi connectivity index (χ2v) is 4.27. The van der Waals surface area contributed by atoms with Crippen molar-refractivity contribution in [2.24, 2.45) is 24.6 Å². The lowest BCUT2D eigenvalue weighted by Crippen LogP contribution is -2.26. The van der Waals surface area contributed by atoms with Crippen molar-refractivity contribution >= 4 is 0 Å². The van der Waals surface area contributed by atoms with E-state index in [9.17, 15) is 4.39 Å². The van der Waals surface area contributed by atoms with Crippen LogP contribution in [-0.2, 0) is 7.05 Å². The van der Waals surface area contributed by atoms with Gasteiger partial charge in [0.2, 0.25) is 0 Å². The summed E-state index contributed by atoms with van der Waals surface area (Å²) in [5.74, 6) is 0.443. The number of nitrogens with two attached hydrogens (primary N) is 1. The van der Waals surface area contributed by atoms with Gasteiger partial charge in [0.15, 0.2) is 5.75 Å². The Morgan fingerprint density at radius 3 is 2.62 bits per heavy atom. The number of nitrogens with zero attached hydrogens (tertiary/aromatic N) is 2. The lowest BCUT2D eigenvalue weighted by atomic mass is 9.89. The normalized spacial score (nSPS) is 15.2. The first-order valence-corrected chi connectivity index (χ1v) is 5.42. The lowest BCUT2D eigenvalue weighted by molar-refractivity contribution is 0.175. The van der Waals surface area contributed by atoms with Gasteiger partial charge in [0.05, 0.1) is 13.3 Å². The molecule has 4 nitrogen and oxygen atoms in total. The third-order valence-electron chi connectivity index (χ3n) is 2.93. The maximum atomic E-state index is 14.4. The molecule has 1 aromatic heterocycles. The van der Waals surface area contributed by atoms with Crippen molar-refractivity contribution in [2.75, 3.05) is 13.7 Å². The largest absolute Gasteiger partial charge is 0.493 e. The molecule has 16 heavy (non-hydrogen) atoms. The highest BCUT2D eigenvalue weighted by atomic mass is 19.1. The number of hydrogen-bond donors (Lipinski definition) is 1. The maximum absolute atomic E-state index is 14.4. The summed E-state index contributed by atoms with van der Waals surface area (Å²) in [6.07, 6.45) is 0.378. The summed E-state index contributed by atoms with van der Waals surface area (Å²) in [4.78, 5) is 0. The summed E-state index contributed by atoms with van der Waals surface area (Å²) in [6, 6.07) is 0. The molecule has 2 N–H and O–H groups in total. The number of methoxy groups -OCH3 is 1. The molecular formula is C11H20FN3O. The Morgan fingerprint density at radius 2 is 2.19 bits per heavy atom. The second-order valence-electron chi connectivity index (χ2n) is 4.27. The van der Waals surface area contributed by atoms with Crippen LogP contribution in [0.5, 0.6) is 5.75 Å². The lowest BCUT2D eigenvalue weighted by Gasteiger charge is -2.23. The van der Waals surface area contributed by atoms with Crippen LogP contribution in [0.15, 0.2) is 6.20 Å². The Labute approximate surface area is 95.6 Å². The fraction of sp³-hybridized carbons (Fsp3) is 0.727. The molecule has 1 aromatic rings. The zero-order valence-corrected chi connectivity index (χ0v) is 10.3. The third kappa shape index (κ3) is 2.35. The van der Waals surface area contributed by atoms with Gasteiger partial charge >= 0.3 is 0 Å². The Balaban J connectivity index is 3.02. The molecule has 0 aliphatic rings. The third-order valence-corrected chi connectivity index (χ3v) is 2.93. The first kappa shape index (κ1) is 13.0. The molecule has 5 heteroatoms. The van der Waals surface area contributed by atoms with Crippen LogP contribution in [0.3, 0.4) is 0 Å². The molecule has 1 rings (SSSR count). The fourth-order valence-electron chi connectivity index (χ4n) is 1.83. The van der Waals surface area contributed by atoms with E-state index in [4.69, 9.17) is 10.5 Å². The predicted molar refractivity (Wildman–Crippen MR) is 61.0 cm³/mol. The molecule has 0 aliphatic heterocycles. The van der Waals surface area contributed by atoms with Gasteiger partial charge in [0, 0.05) is 13.0 Å². The maximum Gasteiger partial charge on any atom is 0.162 e. The molecule has 1 heterocycles. The van der Waals surface area contributed by atoms with Gasteiger partial charge in [-0.3, -0.25) is 4.68 Å². The molecule has 0 aliphatic carbocycles. The van der Waals surface area contributed by atoms with E-state index in [0.717, 1.165) is 0 Å². The number of aryl methyl sites for hydroxylation is 1. The highest BCUT2D eigenvalue weighted by Gasteiger charge is 2.29. The van der Waals surface area contributed by atoms with Crippen LogP contribution in [0.25, 0.3) is 0 Å². The molecule has 0 fully saturated rings. The van der Waals surface area contributed by atoms with Gasteiger partial charge in [-0.25, -0.2) is 4.39 Å². The van der Waals surface area contributed by atoms with Crippen LogP contribution in [0.4, 0.5) is 4.39 Å². The second kappa shape index (κ2) is 5.30. The van der Waals surface area contributed by atoms with Crippen molar-refractivity contribution in [3.8, 4) is 5.75 Å². The van der Waals surface area contributed by atoms with E-state index < -0.39 is 6.17 Å². The van der Waals surface area contributed by atoms with Gasteiger partial charge < -0.3 is 10.5 Å². The Hall–Kier alpha value is -1.10. The van der Waals surface area contributed by atoms with Gasteiger partial charge in [-0.1, -0.05) is 13.8 Å². The zero-order valence-electron chi connectivity index (χ0n) is 10.3. The predicted octanol–water partition coefficient (Wildman–Crippen LogP) is 1.67. The van der Waals surface area contributed by atoms with Gasteiger partial charge in [0.25, 0.3) is 0 Å². The quantitative estimate of drug-likeness (QED) is 0.835. The van der Waals surface area contributed by atoms with Crippen molar-refractivity contribution in [1.82, 2.24) is 9.78 Å². The standard InChI is InChI=1S/C11H20FN3O/c1-7(2)8(5-13)10(12)11-9(16-4)6-14-15(11)3/h6-8,10H,5,13H2,1-4H3. The topological polar surface area (TPSA) is 53.1 Å². The average Bonchev–Trinajstić information content (AvgIpc) is 2.59. The van der Waals surface area contributed by atoms with E-state index in [1.807, 2.05) is 13.8 Å². The van der Waals surface area contributed by atoms with Crippen LogP contribution in [0.1, 0.15) is 25.7 Å². The Bertz CT molecular complexity index is 338. The minimum absolute atomic E-state index is 0.180. The van der Waals surface area contributed by atoms with Crippen molar-refractivity contribution in [3.05, 3.63) is 11.9 Å². The summed E-state index contributed by atoms with van der Waals surface area (Å²) in [5, 5.41) is 4.00. The molecule has 0 saturated heterocycles. The summed E-state index contributed by atoms with van der Waals surface area (Å²) in [5.41, 5.74) is 6.08. The molecule has 0 saturated carbocycles. The molecule has 0 spiro atoms. The van der Waals surface area contributed by atoms with Crippen molar-refractivity contribution in [1.29, 1.82) is 0 Å². The van der Waals surface area contributed by atoms with Gasteiger partial charge in [-0.05, 0) is 12.5 Å². The van der Waals surface area contributed by atoms with Gasteiger partial charge in [-0.2, -0.15) is 5.10 Å². The van der Waals surface area contributed by atoms with Crippen LogP contribution in [-0.4, -0.2) is 23.4 Å². The number of hydrogen-bond acceptors (Lipinski definition) is 3. The number of alkyl halides is 1. The summed E-state index contributed by atoms with van der Waals surface area (Å²) in [7, 11) is 3.22. The van der Waals surface area contributed by atoms with Crippen LogP contribution in [0.2, 0.25) is 0 Å². The first-order valence-electron chi connectivity index (χ1n) is 5.42. The fourth-order valence-corrected chi connectivity index (χ4v) is 1.83. The van der Waals surface area contributed by atoms with Crippen molar-refractivity contribution in [2.45, 2.75) is 20.0 Å². The van der Waals surface area contributed by atoms with Crippen molar-refractivity contribution < 1.29 is 9.13 Å². The number of rotatable bonds is 5. The highest BCUT2D eigenvalue weighted by molar-refractivity contribution is 5.27. The summed E-state index contributed by atoms with van der Waals surface area (Å²) < 4.78 is 21.0. The average molecular weight is 229 g/mol. The Kier molecular flexibility index (Phi) is 4.29. The van der Waals surface area contributed by atoms with Gasteiger partial charge in [0.1, 0.15) is 11.9 Å². The first-order chi connectivity index (χ1) is 7.52. The number of halogens is 1. The molecule has 0 bridgehead atoms. The van der Waals surface area contributed by atoms with E-state index in [2.05, 4.69) is 5.10 Å². The summed E-state index contributed by atoms with van der Waals surface area (Å²) >= 11 is 0.